The van der Waals surface area contributed by atoms with E-state index in [1.54, 1.807) is 24.5 Å². The zero-order chi connectivity index (χ0) is 20.1. The van der Waals surface area contributed by atoms with Gasteiger partial charge in [0.05, 0.1) is 18.4 Å². The van der Waals surface area contributed by atoms with E-state index >= 15 is 0 Å². The maximum atomic E-state index is 12.1. The van der Waals surface area contributed by atoms with E-state index in [1.807, 2.05) is 49.4 Å². The number of furan rings is 1. The molecule has 1 N–H and O–H groups in total. The monoisotopic (exact) mass is 389 g/mol. The lowest BCUT2D eigenvalue weighted by atomic mass is 10.1. The van der Waals surface area contributed by atoms with Crippen molar-refractivity contribution < 1.29 is 18.5 Å². The summed E-state index contributed by atoms with van der Waals surface area (Å²) in [7, 11) is 0. The summed E-state index contributed by atoms with van der Waals surface area (Å²) in [6, 6.07) is 18.6. The number of carbonyl (C=O) groups is 1. The second kappa shape index (κ2) is 8.43. The molecular weight excluding hydrogens is 370 g/mol. The van der Waals surface area contributed by atoms with Gasteiger partial charge in [-0.25, -0.2) is 0 Å². The molecule has 4 rings (SSSR count). The Morgan fingerprint density at radius 1 is 1.10 bits per heavy atom. The van der Waals surface area contributed by atoms with Crippen LogP contribution in [0.5, 0.6) is 5.75 Å². The summed E-state index contributed by atoms with van der Waals surface area (Å²) in [6.07, 6.45) is 1.56. The molecule has 0 bridgehead atoms. The van der Waals surface area contributed by atoms with Gasteiger partial charge in [-0.15, -0.1) is 0 Å². The Morgan fingerprint density at radius 3 is 2.83 bits per heavy atom. The first-order valence-electron chi connectivity index (χ1n) is 9.11. The minimum absolute atomic E-state index is 0.142. The van der Waals surface area contributed by atoms with Crippen LogP contribution in [0.4, 0.5) is 0 Å². The molecule has 29 heavy (non-hydrogen) atoms. The van der Waals surface area contributed by atoms with Gasteiger partial charge in [-0.3, -0.25) is 4.79 Å². The summed E-state index contributed by atoms with van der Waals surface area (Å²) in [6.45, 7) is 2.17. The fraction of sp³-hybridized carbons (Fsp3) is 0.136. The molecule has 2 aromatic carbocycles. The van der Waals surface area contributed by atoms with Gasteiger partial charge in [0.2, 0.25) is 5.82 Å². The van der Waals surface area contributed by atoms with Crippen LogP contribution in [0.25, 0.3) is 22.8 Å². The summed E-state index contributed by atoms with van der Waals surface area (Å²) in [5.41, 5.74) is 2.60. The minimum Gasteiger partial charge on any atom is -0.483 e. The first-order valence-corrected chi connectivity index (χ1v) is 9.11. The van der Waals surface area contributed by atoms with Crippen molar-refractivity contribution in [3.63, 3.8) is 0 Å². The van der Waals surface area contributed by atoms with Gasteiger partial charge in [0.25, 0.3) is 11.8 Å². The maximum absolute atomic E-state index is 12.1. The zero-order valence-corrected chi connectivity index (χ0v) is 15.8. The van der Waals surface area contributed by atoms with Gasteiger partial charge in [0.15, 0.2) is 6.61 Å². The van der Waals surface area contributed by atoms with Crippen LogP contribution >= 0.6 is 0 Å². The molecule has 0 aliphatic carbocycles. The highest BCUT2D eigenvalue weighted by atomic mass is 16.5. The molecule has 0 saturated carbocycles. The Kier molecular flexibility index (Phi) is 5.38. The average Bonchev–Trinajstić information content (AvgIpc) is 3.43. The number of aromatic nitrogens is 2. The van der Waals surface area contributed by atoms with E-state index in [9.17, 15) is 4.79 Å². The van der Waals surface area contributed by atoms with E-state index in [2.05, 4.69) is 15.5 Å². The van der Waals surface area contributed by atoms with Crippen molar-refractivity contribution in [1.82, 2.24) is 15.5 Å². The summed E-state index contributed by atoms with van der Waals surface area (Å²) in [4.78, 5) is 16.5. The van der Waals surface area contributed by atoms with E-state index in [0.717, 1.165) is 11.1 Å². The smallest absolute Gasteiger partial charge is 0.262 e. The molecule has 4 aromatic rings. The molecule has 146 valence electrons. The fourth-order valence-corrected chi connectivity index (χ4v) is 2.80. The van der Waals surface area contributed by atoms with Gasteiger partial charge in [-0.05, 0) is 37.3 Å². The molecule has 0 fully saturated rings. The number of ether oxygens (including phenoxy) is 1. The molecule has 7 nitrogen and oxygen atoms in total. The summed E-state index contributed by atoms with van der Waals surface area (Å²) < 4.78 is 16.3. The average molecular weight is 389 g/mol. The number of hydrogen-bond acceptors (Lipinski definition) is 6. The van der Waals surface area contributed by atoms with Crippen molar-refractivity contribution in [2.45, 2.75) is 13.5 Å². The third-order valence-corrected chi connectivity index (χ3v) is 4.22. The standard InChI is InChI=1S/C22H19N3O4/c1-15-6-4-7-16(12-15)21-24-22(29-25-21)18-9-2-3-10-19(18)28-14-20(26)23-13-17-8-5-11-27-17/h2-12H,13-14H2,1H3,(H,23,26). The van der Waals surface area contributed by atoms with Gasteiger partial charge >= 0.3 is 0 Å². The van der Waals surface area contributed by atoms with Crippen molar-refractivity contribution in [2.24, 2.45) is 0 Å². The largest absolute Gasteiger partial charge is 0.483 e. The molecule has 0 atom stereocenters. The molecule has 0 radical (unpaired) electrons. The molecule has 2 heterocycles. The normalized spacial score (nSPS) is 10.7. The van der Waals surface area contributed by atoms with Gasteiger partial charge < -0.3 is 19.0 Å². The lowest BCUT2D eigenvalue weighted by Crippen LogP contribution is -2.28. The third kappa shape index (κ3) is 4.52. The molecule has 2 aromatic heterocycles. The highest BCUT2D eigenvalue weighted by Gasteiger charge is 2.16. The molecule has 1 amide bonds. The Hall–Kier alpha value is -3.87. The topological polar surface area (TPSA) is 90.4 Å². The zero-order valence-electron chi connectivity index (χ0n) is 15.8. The van der Waals surface area contributed by atoms with E-state index < -0.39 is 0 Å². The van der Waals surface area contributed by atoms with Crippen LogP contribution in [0.15, 0.2) is 75.9 Å². The second-order valence-electron chi connectivity index (χ2n) is 6.43. The van der Waals surface area contributed by atoms with E-state index in [-0.39, 0.29) is 12.5 Å². The maximum Gasteiger partial charge on any atom is 0.262 e. The van der Waals surface area contributed by atoms with Gasteiger partial charge in [0, 0.05) is 5.56 Å². The number of para-hydroxylation sites is 1. The van der Waals surface area contributed by atoms with Gasteiger partial charge in [-0.1, -0.05) is 41.1 Å². The first kappa shape index (κ1) is 18.5. The van der Waals surface area contributed by atoms with E-state index in [1.165, 1.54) is 0 Å². The number of nitrogens with zero attached hydrogens (tertiary/aromatic N) is 2. The second-order valence-corrected chi connectivity index (χ2v) is 6.43. The highest BCUT2D eigenvalue weighted by Crippen LogP contribution is 2.30. The number of benzene rings is 2. The quantitative estimate of drug-likeness (QED) is 0.514. The lowest BCUT2D eigenvalue weighted by molar-refractivity contribution is -0.123. The lowest BCUT2D eigenvalue weighted by Gasteiger charge is -2.09. The predicted octanol–water partition coefficient (Wildman–Crippen LogP) is 4.00. The van der Waals surface area contributed by atoms with Crippen molar-refractivity contribution in [2.75, 3.05) is 6.61 Å². The van der Waals surface area contributed by atoms with E-state index in [4.69, 9.17) is 13.7 Å². The van der Waals surface area contributed by atoms with Crippen LogP contribution in [-0.4, -0.2) is 22.7 Å². The third-order valence-electron chi connectivity index (χ3n) is 4.22. The van der Waals surface area contributed by atoms with Crippen molar-refractivity contribution >= 4 is 5.91 Å². The summed E-state index contributed by atoms with van der Waals surface area (Å²) in [5.74, 6) is 1.72. The Bertz CT molecular complexity index is 1100. The molecule has 0 unspecified atom stereocenters. The van der Waals surface area contributed by atoms with Crippen LogP contribution in [0.3, 0.4) is 0 Å². The van der Waals surface area contributed by atoms with Gasteiger partial charge in [0.1, 0.15) is 11.5 Å². The summed E-state index contributed by atoms with van der Waals surface area (Å²) >= 11 is 0. The highest BCUT2D eigenvalue weighted by molar-refractivity contribution is 5.78. The van der Waals surface area contributed by atoms with Crippen LogP contribution < -0.4 is 10.1 Å². The van der Waals surface area contributed by atoms with Crippen LogP contribution in [0, 0.1) is 6.92 Å². The number of aryl methyl sites for hydroxylation is 1. The number of carbonyl (C=O) groups excluding carboxylic acids is 1. The SMILES string of the molecule is Cc1cccc(-c2noc(-c3ccccc3OCC(=O)NCc3ccco3)n2)c1. The van der Waals surface area contributed by atoms with Crippen LogP contribution in [0.2, 0.25) is 0 Å². The molecule has 0 saturated heterocycles. The van der Waals surface area contributed by atoms with Crippen LogP contribution in [-0.2, 0) is 11.3 Å². The Morgan fingerprint density at radius 2 is 2.00 bits per heavy atom. The Labute approximate surface area is 167 Å². The molecular formula is C22H19N3O4. The summed E-state index contributed by atoms with van der Waals surface area (Å²) in [5, 5.41) is 6.80. The van der Waals surface area contributed by atoms with Crippen molar-refractivity contribution in [1.29, 1.82) is 0 Å². The van der Waals surface area contributed by atoms with E-state index in [0.29, 0.717) is 35.3 Å². The number of amides is 1. The van der Waals surface area contributed by atoms with Crippen LogP contribution in [0.1, 0.15) is 11.3 Å². The van der Waals surface area contributed by atoms with Crippen molar-refractivity contribution in [3.8, 4) is 28.6 Å². The molecule has 0 aliphatic heterocycles. The van der Waals surface area contributed by atoms with Crippen molar-refractivity contribution in [3.05, 3.63) is 78.3 Å². The molecule has 0 aliphatic rings. The minimum atomic E-state index is -0.262. The number of nitrogens with one attached hydrogen (secondary N) is 1. The Balaban J connectivity index is 1.45. The fourth-order valence-electron chi connectivity index (χ4n) is 2.80. The number of rotatable bonds is 7. The predicted molar refractivity (Wildman–Crippen MR) is 106 cm³/mol. The van der Waals surface area contributed by atoms with Gasteiger partial charge in [-0.2, -0.15) is 4.98 Å². The molecule has 0 spiro atoms. The number of hydrogen-bond donors (Lipinski definition) is 1. The first-order chi connectivity index (χ1) is 14.2. The molecule has 7 heteroatoms.